The number of aromatic nitrogens is 1. The first-order chi connectivity index (χ1) is 17.6. The van der Waals surface area contributed by atoms with Crippen LogP contribution < -0.4 is 27.4 Å². The average Bonchev–Trinajstić information content (AvgIpc) is 3.05. The fourth-order valence-electron chi connectivity index (χ4n) is 4.22. The average molecular weight is 493 g/mol. The van der Waals surface area contributed by atoms with Crippen LogP contribution in [-0.2, 0) is 22.5 Å². The molecule has 1 amide bonds. The molecule has 2 unspecified atom stereocenters. The molecule has 4 rings (SSSR count). The van der Waals surface area contributed by atoms with E-state index in [0.29, 0.717) is 51.3 Å². The molecule has 0 aliphatic carbocycles. The van der Waals surface area contributed by atoms with Crippen LogP contribution in [-0.4, -0.2) is 62.0 Å². The van der Waals surface area contributed by atoms with Gasteiger partial charge in [0.2, 0.25) is 0 Å². The molecule has 36 heavy (non-hydrogen) atoms. The van der Waals surface area contributed by atoms with Crippen molar-refractivity contribution in [1.29, 1.82) is 5.26 Å². The molecule has 5 N–H and O–H groups in total. The number of oxazole rings is 1. The van der Waals surface area contributed by atoms with E-state index in [1.54, 1.807) is 10.6 Å². The Balaban J connectivity index is 1.43. The number of nitrogens with one attached hydrogen (secondary N) is 3. The first kappa shape index (κ1) is 25.6. The summed E-state index contributed by atoms with van der Waals surface area (Å²) in [7, 11) is 0. The Morgan fingerprint density at radius 3 is 2.81 bits per heavy atom. The second-order valence-electron chi connectivity index (χ2n) is 8.75. The number of benzene rings is 2. The molecule has 2 atom stereocenters. The lowest BCUT2D eigenvalue weighted by Gasteiger charge is -2.18. The minimum atomic E-state index is -0.653. The predicted molar refractivity (Wildman–Crippen MR) is 136 cm³/mol. The van der Waals surface area contributed by atoms with Crippen LogP contribution in [0.15, 0.2) is 51.7 Å². The summed E-state index contributed by atoms with van der Waals surface area (Å²) in [5, 5.41) is 18.7. The molecule has 10 nitrogen and oxygen atoms in total. The van der Waals surface area contributed by atoms with Gasteiger partial charge in [-0.2, -0.15) is 5.26 Å². The third kappa shape index (κ3) is 6.38. The minimum Gasteiger partial charge on any atom is -0.408 e. The van der Waals surface area contributed by atoms with Crippen molar-refractivity contribution < 1.29 is 13.9 Å². The highest BCUT2D eigenvalue weighted by molar-refractivity contribution is 5.82. The molecule has 2 aromatic carbocycles. The zero-order valence-corrected chi connectivity index (χ0v) is 20.2. The van der Waals surface area contributed by atoms with Crippen molar-refractivity contribution in [3.63, 3.8) is 0 Å². The molecule has 0 bridgehead atoms. The van der Waals surface area contributed by atoms with Gasteiger partial charge in [0.05, 0.1) is 11.6 Å². The molecule has 10 heteroatoms. The zero-order chi connectivity index (χ0) is 25.3. The highest BCUT2D eigenvalue weighted by Gasteiger charge is 2.23. The van der Waals surface area contributed by atoms with Crippen LogP contribution in [0.1, 0.15) is 12.0 Å². The van der Waals surface area contributed by atoms with Crippen molar-refractivity contribution in [1.82, 2.24) is 20.5 Å². The highest BCUT2D eigenvalue weighted by Crippen LogP contribution is 2.25. The maximum absolute atomic E-state index is 12.5. The van der Waals surface area contributed by atoms with E-state index >= 15 is 0 Å². The Morgan fingerprint density at radius 2 is 2.03 bits per heavy atom. The fourth-order valence-corrected chi connectivity index (χ4v) is 4.22. The molecule has 1 saturated heterocycles. The highest BCUT2D eigenvalue weighted by atomic mass is 16.5. The number of carbonyl (C=O) groups excluding carboxylic acids is 1. The van der Waals surface area contributed by atoms with E-state index < -0.39 is 12.1 Å². The molecule has 0 saturated carbocycles. The molecule has 3 aromatic rings. The lowest BCUT2D eigenvalue weighted by atomic mass is 10.0. The van der Waals surface area contributed by atoms with Crippen molar-refractivity contribution in [2.75, 3.05) is 39.3 Å². The van der Waals surface area contributed by atoms with Crippen molar-refractivity contribution in [3.8, 4) is 17.2 Å². The van der Waals surface area contributed by atoms with E-state index in [-0.39, 0.29) is 11.7 Å². The van der Waals surface area contributed by atoms with Gasteiger partial charge < -0.3 is 30.8 Å². The van der Waals surface area contributed by atoms with Gasteiger partial charge >= 0.3 is 5.76 Å². The van der Waals surface area contributed by atoms with Gasteiger partial charge in [-0.05, 0) is 41.8 Å². The summed E-state index contributed by atoms with van der Waals surface area (Å²) >= 11 is 0. The second kappa shape index (κ2) is 12.5. The van der Waals surface area contributed by atoms with Crippen LogP contribution in [0.5, 0.6) is 0 Å². The summed E-state index contributed by atoms with van der Waals surface area (Å²) in [5.74, 6) is -0.660. The van der Waals surface area contributed by atoms with Gasteiger partial charge in [0, 0.05) is 45.8 Å². The van der Waals surface area contributed by atoms with Gasteiger partial charge in [-0.3, -0.25) is 9.36 Å². The zero-order valence-electron chi connectivity index (χ0n) is 20.2. The Bertz CT molecular complexity index is 1250. The number of nitrogens with zero attached hydrogens (tertiary/aromatic N) is 2. The maximum Gasteiger partial charge on any atom is 0.419 e. The molecule has 1 aromatic heterocycles. The minimum absolute atomic E-state index is 0.273. The van der Waals surface area contributed by atoms with Gasteiger partial charge in [-0.1, -0.05) is 30.3 Å². The van der Waals surface area contributed by atoms with Crippen LogP contribution in [0.3, 0.4) is 0 Å². The predicted octanol–water partition coefficient (Wildman–Crippen LogP) is 0.739. The summed E-state index contributed by atoms with van der Waals surface area (Å²) < 4.78 is 12.6. The number of amides is 1. The summed E-state index contributed by atoms with van der Waals surface area (Å²) in [6.45, 7) is 4.10. The van der Waals surface area contributed by atoms with Crippen molar-refractivity contribution >= 4 is 17.0 Å². The van der Waals surface area contributed by atoms with Gasteiger partial charge in [-0.25, -0.2) is 4.79 Å². The molecule has 190 valence electrons. The lowest BCUT2D eigenvalue weighted by Crippen LogP contribution is -2.46. The van der Waals surface area contributed by atoms with E-state index in [9.17, 15) is 14.9 Å². The van der Waals surface area contributed by atoms with Gasteiger partial charge in [0.15, 0.2) is 5.58 Å². The number of hydrogen-bond acceptors (Lipinski definition) is 8. The summed E-state index contributed by atoms with van der Waals surface area (Å²) in [6.07, 6.45) is 0.658. The molecule has 0 radical (unpaired) electrons. The van der Waals surface area contributed by atoms with Crippen LogP contribution >= 0.6 is 0 Å². The molecule has 1 aliphatic heterocycles. The van der Waals surface area contributed by atoms with E-state index in [4.69, 9.17) is 14.9 Å². The molecule has 1 fully saturated rings. The normalized spacial score (nSPS) is 16.8. The lowest BCUT2D eigenvalue weighted by molar-refractivity contribution is -0.132. The summed E-state index contributed by atoms with van der Waals surface area (Å²) in [4.78, 5) is 24.8. The standard InChI is InChI=1S/C26H32N6O4/c27-8-10-29-11-12-32-22-15-20(6-7-23(22)36-26(32)34)19-4-2-18(3-5-19)14-21(16-28)31-25(33)24-17-30-9-1-13-35-24/h2-7,15,21,24,29-30H,1,8-14,17,27H2,(H,31,33). The van der Waals surface area contributed by atoms with Crippen LogP contribution in [0.4, 0.5) is 0 Å². The van der Waals surface area contributed by atoms with Gasteiger partial charge in [0.25, 0.3) is 5.91 Å². The number of fused-ring (bicyclic) bond motifs is 1. The number of rotatable bonds is 10. The fraction of sp³-hybridized carbons (Fsp3) is 0.423. The topological polar surface area (TPSA) is 147 Å². The number of nitriles is 1. The first-order valence-corrected chi connectivity index (χ1v) is 12.2. The van der Waals surface area contributed by atoms with Crippen molar-refractivity contribution in [3.05, 3.63) is 58.6 Å². The van der Waals surface area contributed by atoms with Crippen LogP contribution in [0.2, 0.25) is 0 Å². The van der Waals surface area contributed by atoms with E-state index in [0.717, 1.165) is 35.2 Å². The van der Waals surface area contributed by atoms with Crippen LogP contribution in [0, 0.1) is 11.3 Å². The van der Waals surface area contributed by atoms with Gasteiger partial charge in [0.1, 0.15) is 12.1 Å². The van der Waals surface area contributed by atoms with Gasteiger partial charge in [-0.15, -0.1) is 0 Å². The number of hydrogen-bond donors (Lipinski definition) is 4. The van der Waals surface area contributed by atoms with E-state index in [1.165, 1.54) is 0 Å². The van der Waals surface area contributed by atoms with Crippen molar-refractivity contribution in [2.24, 2.45) is 5.73 Å². The number of ether oxygens (including phenoxy) is 1. The molecular formula is C26H32N6O4. The number of nitrogens with two attached hydrogens (primary N) is 1. The Hall–Kier alpha value is -3.49. The smallest absolute Gasteiger partial charge is 0.408 e. The Labute approximate surface area is 209 Å². The van der Waals surface area contributed by atoms with E-state index in [1.807, 2.05) is 36.4 Å². The first-order valence-electron chi connectivity index (χ1n) is 12.2. The quantitative estimate of drug-likeness (QED) is 0.303. The monoisotopic (exact) mass is 492 g/mol. The molecule has 0 spiro atoms. The summed E-state index contributed by atoms with van der Waals surface area (Å²) in [6, 6.07) is 15.0. The SMILES string of the molecule is N#CC(Cc1ccc(-c2ccc3oc(=O)n(CCNCCN)c3c2)cc1)NC(=O)C1CNCCCO1. The largest absolute Gasteiger partial charge is 0.419 e. The molecule has 2 heterocycles. The number of carbonyl (C=O) groups is 1. The maximum atomic E-state index is 12.5. The van der Waals surface area contributed by atoms with E-state index in [2.05, 4.69) is 22.0 Å². The van der Waals surface area contributed by atoms with Crippen molar-refractivity contribution in [2.45, 2.75) is 31.5 Å². The summed E-state index contributed by atoms with van der Waals surface area (Å²) in [5.41, 5.74) is 9.62. The molecule has 1 aliphatic rings. The molecular weight excluding hydrogens is 460 g/mol. The Morgan fingerprint density at radius 1 is 1.22 bits per heavy atom. The Kier molecular flexibility index (Phi) is 8.86. The third-order valence-electron chi connectivity index (χ3n) is 6.14. The second-order valence-corrected chi connectivity index (χ2v) is 8.75. The van der Waals surface area contributed by atoms with Crippen LogP contribution in [0.25, 0.3) is 22.2 Å². The third-order valence-corrected chi connectivity index (χ3v) is 6.14.